The molecule has 1 fully saturated rings. The molecule has 0 saturated carbocycles. The van der Waals surface area contributed by atoms with Crippen LogP contribution in [0.2, 0.25) is 0 Å². The molecule has 0 radical (unpaired) electrons. The van der Waals surface area contributed by atoms with E-state index in [1.54, 1.807) is 19.1 Å². The molecule has 0 N–H and O–H groups in total. The summed E-state index contributed by atoms with van der Waals surface area (Å²) in [6.45, 7) is 7.15. The van der Waals surface area contributed by atoms with Crippen LogP contribution >= 0.6 is 0 Å². The predicted octanol–water partition coefficient (Wildman–Crippen LogP) is 3.79. The van der Waals surface area contributed by atoms with Crippen LogP contribution in [0.4, 0.5) is 11.4 Å². The Morgan fingerprint density at radius 1 is 1.43 bits per heavy atom. The molecule has 1 aromatic rings. The zero-order chi connectivity index (χ0) is 17.0. The number of anilines is 1. The second-order valence-corrected chi connectivity index (χ2v) is 6.02. The molecule has 1 saturated heterocycles. The number of hydrogen-bond donors (Lipinski definition) is 0. The van der Waals surface area contributed by atoms with Gasteiger partial charge in [-0.1, -0.05) is 13.3 Å². The van der Waals surface area contributed by atoms with Crippen LogP contribution in [0.5, 0.6) is 0 Å². The fraction of sp³-hybridized carbons (Fsp3) is 0.588. The monoisotopic (exact) mass is 320 g/mol. The molecule has 1 aliphatic rings. The second kappa shape index (κ2) is 7.44. The standard InChI is InChI=1S/C17H24N2O4/c1-4-13-8-9-18(12(3)10-13)14-6-7-16(19(21)22)15(11-14)17(20)23-5-2/h6-7,11-13H,4-5,8-10H2,1-3H3/t12-,13-/m0/s1. The highest BCUT2D eigenvalue weighted by Crippen LogP contribution is 2.32. The van der Waals surface area contributed by atoms with Gasteiger partial charge in [0.1, 0.15) is 5.56 Å². The van der Waals surface area contributed by atoms with Gasteiger partial charge in [0.2, 0.25) is 0 Å². The highest BCUT2D eigenvalue weighted by Gasteiger charge is 2.28. The number of carbonyl (C=O) groups excluding carboxylic acids is 1. The van der Waals surface area contributed by atoms with Crippen LogP contribution in [0.25, 0.3) is 0 Å². The number of hydrogen-bond acceptors (Lipinski definition) is 5. The molecule has 126 valence electrons. The summed E-state index contributed by atoms with van der Waals surface area (Å²) in [7, 11) is 0. The molecule has 23 heavy (non-hydrogen) atoms. The third-order valence-electron chi connectivity index (χ3n) is 4.57. The first-order chi connectivity index (χ1) is 11.0. The average Bonchev–Trinajstić information content (AvgIpc) is 2.54. The van der Waals surface area contributed by atoms with E-state index in [4.69, 9.17) is 4.74 Å². The summed E-state index contributed by atoms with van der Waals surface area (Å²) in [4.78, 5) is 24.9. The van der Waals surface area contributed by atoms with Crippen molar-refractivity contribution in [1.29, 1.82) is 0 Å². The Labute approximate surface area is 136 Å². The highest BCUT2D eigenvalue weighted by molar-refractivity contribution is 5.95. The summed E-state index contributed by atoms with van der Waals surface area (Å²) < 4.78 is 4.96. The van der Waals surface area contributed by atoms with E-state index in [1.807, 2.05) is 0 Å². The second-order valence-electron chi connectivity index (χ2n) is 6.02. The van der Waals surface area contributed by atoms with Crippen molar-refractivity contribution in [2.45, 2.75) is 46.1 Å². The molecular formula is C17H24N2O4. The Morgan fingerprint density at radius 2 is 2.17 bits per heavy atom. The normalized spacial score (nSPS) is 21.1. The molecule has 0 spiro atoms. The lowest BCUT2D eigenvalue weighted by Gasteiger charge is -2.39. The summed E-state index contributed by atoms with van der Waals surface area (Å²) in [5.74, 6) is 0.0842. The lowest BCUT2D eigenvalue weighted by atomic mass is 9.89. The van der Waals surface area contributed by atoms with Gasteiger partial charge in [0.15, 0.2) is 0 Å². The topological polar surface area (TPSA) is 72.7 Å². The molecule has 1 aliphatic heterocycles. The Kier molecular flexibility index (Phi) is 5.58. The minimum absolute atomic E-state index is 0.0270. The van der Waals surface area contributed by atoms with E-state index < -0.39 is 10.9 Å². The van der Waals surface area contributed by atoms with Gasteiger partial charge in [0.25, 0.3) is 5.69 Å². The van der Waals surface area contributed by atoms with Crippen LogP contribution in [-0.2, 0) is 4.74 Å². The van der Waals surface area contributed by atoms with E-state index in [9.17, 15) is 14.9 Å². The molecule has 0 bridgehead atoms. The third kappa shape index (κ3) is 3.81. The molecular weight excluding hydrogens is 296 g/mol. The lowest BCUT2D eigenvalue weighted by molar-refractivity contribution is -0.385. The largest absolute Gasteiger partial charge is 0.462 e. The minimum atomic E-state index is -0.642. The average molecular weight is 320 g/mol. The Bertz CT molecular complexity index is 588. The maximum Gasteiger partial charge on any atom is 0.345 e. The molecule has 2 rings (SSSR count). The van der Waals surface area contributed by atoms with Gasteiger partial charge in [-0.2, -0.15) is 0 Å². The van der Waals surface area contributed by atoms with E-state index in [-0.39, 0.29) is 17.9 Å². The number of piperidine rings is 1. The van der Waals surface area contributed by atoms with Crippen LogP contribution in [0.1, 0.15) is 50.4 Å². The maximum atomic E-state index is 12.0. The van der Waals surface area contributed by atoms with Gasteiger partial charge in [-0.3, -0.25) is 10.1 Å². The first-order valence-electron chi connectivity index (χ1n) is 8.20. The maximum absolute atomic E-state index is 12.0. The summed E-state index contributed by atoms with van der Waals surface area (Å²) in [5, 5.41) is 11.1. The van der Waals surface area contributed by atoms with Gasteiger partial charge >= 0.3 is 5.97 Å². The number of benzene rings is 1. The molecule has 1 aromatic carbocycles. The van der Waals surface area contributed by atoms with Gasteiger partial charge in [-0.05, 0) is 44.7 Å². The van der Waals surface area contributed by atoms with Crippen molar-refractivity contribution in [2.75, 3.05) is 18.1 Å². The van der Waals surface area contributed by atoms with E-state index in [1.165, 1.54) is 12.5 Å². The van der Waals surface area contributed by atoms with Crippen LogP contribution in [0.15, 0.2) is 18.2 Å². The van der Waals surface area contributed by atoms with Crippen LogP contribution < -0.4 is 4.90 Å². The molecule has 0 amide bonds. The summed E-state index contributed by atoms with van der Waals surface area (Å²) in [6.07, 6.45) is 3.38. The molecule has 6 heteroatoms. The molecule has 0 aliphatic carbocycles. The van der Waals surface area contributed by atoms with Crippen molar-refractivity contribution in [3.8, 4) is 0 Å². The zero-order valence-electron chi connectivity index (χ0n) is 13.9. The SMILES string of the molecule is CCOC(=O)c1cc(N2CC[C@H](CC)C[C@@H]2C)ccc1[N+](=O)[O-]. The van der Waals surface area contributed by atoms with Gasteiger partial charge in [-0.25, -0.2) is 4.79 Å². The van der Waals surface area contributed by atoms with Crippen molar-refractivity contribution < 1.29 is 14.5 Å². The third-order valence-corrected chi connectivity index (χ3v) is 4.57. The van der Waals surface area contributed by atoms with E-state index in [0.29, 0.717) is 6.04 Å². The molecule has 0 aromatic heterocycles. The Morgan fingerprint density at radius 3 is 2.74 bits per heavy atom. The molecule has 1 heterocycles. The highest BCUT2D eigenvalue weighted by atomic mass is 16.6. The quantitative estimate of drug-likeness (QED) is 0.469. The van der Waals surface area contributed by atoms with Crippen molar-refractivity contribution in [3.63, 3.8) is 0 Å². The number of rotatable bonds is 5. The molecule has 0 unspecified atom stereocenters. The van der Waals surface area contributed by atoms with Crippen LogP contribution in [-0.4, -0.2) is 30.1 Å². The number of nitro benzene ring substituents is 1. The van der Waals surface area contributed by atoms with Crippen molar-refractivity contribution in [1.82, 2.24) is 0 Å². The number of ether oxygens (including phenoxy) is 1. The van der Waals surface area contributed by atoms with Crippen molar-refractivity contribution in [3.05, 3.63) is 33.9 Å². The summed E-state index contributed by atoms with van der Waals surface area (Å²) in [6, 6.07) is 5.08. The van der Waals surface area contributed by atoms with E-state index in [0.717, 1.165) is 31.0 Å². The van der Waals surface area contributed by atoms with Gasteiger partial charge in [0, 0.05) is 24.3 Å². The zero-order valence-corrected chi connectivity index (χ0v) is 13.9. The van der Waals surface area contributed by atoms with Crippen LogP contribution in [0.3, 0.4) is 0 Å². The first-order valence-corrected chi connectivity index (χ1v) is 8.20. The minimum Gasteiger partial charge on any atom is -0.462 e. The van der Waals surface area contributed by atoms with Gasteiger partial charge in [-0.15, -0.1) is 0 Å². The molecule has 6 nitrogen and oxygen atoms in total. The summed E-state index contributed by atoms with van der Waals surface area (Å²) >= 11 is 0. The predicted molar refractivity (Wildman–Crippen MR) is 88.9 cm³/mol. The van der Waals surface area contributed by atoms with Crippen molar-refractivity contribution in [2.24, 2.45) is 5.92 Å². The fourth-order valence-electron chi connectivity index (χ4n) is 3.26. The van der Waals surface area contributed by atoms with Gasteiger partial charge < -0.3 is 9.64 Å². The van der Waals surface area contributed by atoms with Crippen molar-refractivity contribution >= 4 is 17.3 Å². The molecule has 2 atom stereocenters. The number of nitrogens with zero attached hydrogens (tertiary/aromatic N) is 2. The number of nitro groups is 1. The Hall–Kier alpha value is -2.11. The smallest absolute Gasteiger partial charge is 0.345 e. The van der Waals surface area contributed by atoms with Gasteiger partial charge in [0.05, 0.1) is 11.5 Å². The van der Waals surface area contributed by atoms with Crippen LogP contribution in [0, 0.1) is 16.0 Å². The fourth-order valence-corrected chi connectivity index (χ4v) is 3.26. The summed E-state index contributed by atoms with van der Waals surface area (Å²) in [5.41, 5.74) is 0.670. The lowest BCUT2D eigenvalue weighted by Crippen LogP contribution is -2.40. The first kappa shape index (κ1) is 17.2. The number of carbonyl (C=O) groups is 1. The number of esters is 1. The van der Waals surface area contributed by atoms with E-state index >= 15 is 0 Å². The van der Waals surface area contributed by atoms with E-state index in [2.05, 4.69) is 18.7 Å². The Balaban J connectivity index is 2.31.